The number of amides is 1. The Morgan fingerprint density at radius 3 is 2.89 bits per heavy atom. The van der Waals surface area contributed by atoms with Gasteiger partial charge in [0.1, 0.15) is 5.75 Å². The molecule has 0 saturated heterocycles. The van der Waals surface area contributed by atoms with Gasteiger partial charge in [-0.1, -0.05) is 11.2 Å². The molecule has 94 valence electrons. The third-order valence-corrected chi connectivity index (χ3v) is 2.53. The molecule has 0 fully saturated rings. The number of hydrogen-bond acceptors (Lipinski definition) is 5. The number of nitrogens with zero attached hydrogens (tertiary/aromatic N) is 2. The van der Waals surface area contributed by atoms with Crippen LogP contribution in [-0.4, -0.2) is 21.2 Å². The molecule has 1 aromatic carbocycles. The van der Waals surface area contributed by atoms with Crippen LogP contribution in [0, 0.1) is 13.8 Å². The number of phenols is 1. The zero-order valence-corrected chi connectivity index (χ0v) is 10.1. The minimum Gasteiger partial charge on any atom is -0.508 e. The number of carbonyl (C=O) groups excluding carboxylic acids is 1. The highest BCUT2D eigenvalue weighted by molar-refractivity contribution is 5.96. The van der Waals surface area contributed by atoms with Gasteiger partial charge in [-0.05, 0) is 19.1 Å². The molecule has 0 aliphatic carbocycles. The highest BCUT2D eigenvalue weighted by Gasteiger charge is 2.12. The van der Waals surface area contributed by atoms with E-state index in [0.717, 1.165) is 0 Å². The smallest absolute Gasteiger partial charge is 0.252 e. The number of phenolic OH excluding ortho intramolecular Hbond substituents is 1. The van der Waals surface area contributed by atoms with Gasteiger partial charge < -0.3 is 14.9 Å². The molecule has 2 aromatic rings. The van der Waals surface area contributed by atoms with Crippen LogP contribution in [0.25, 0.3) is 0 Å². The van der Waals surface area contributed by atoms with E-state index in [1.807, 2.05) is 0 Å². The molecule has 0 unspecified atom stereocenters. The minimum atomic E-state index is -0.286. The van der Waals surface area contributed by atoms with E-state index in [4.69, 9.17) is 4.52 Å². The van der Waals surface area contributed by atoms with Crippen molar-refractivity contribution in [2.75, 3.05) is 0 Å². The van der Waals surface area contributed by atoms with Gasteiger partial charge in [-0.15, -0.1) is 0 Å². The predicted molar refractivity (Wildman–Crippen MR) is 63.0 cm³/mol. The van der Waals surface area contributed by atoms with Crippen molar-refractivity contribution >= 4 is 5.91 Å². The maximum Gasteiger partial charge on any atom is 0.252 e. The highest BCUT2D eigenvalue weighted by atomic mass is 16.5. The lowest BCUT2D eigenvalue weighted by molar-refractivity contribution is 0.0948. The Morgan fingerprint density at radius 2 is 2.22 bits per heavy atom. The summed E-state index contributed by atoms with van der Waals surface area (Å²) in [6, 6.07) is 4.80. The van der Waals surface area contributed by atoms with Crippen molar-refractivity contribution in [1.82, 2.24) is 15.5 Å². The maximum atomic E-state index is 11.9. The van der Waals surface area contributed by atoms with Gasteiger partial charge in [0.15, 0.2) is 5.82 Å². The van der Waals surface area contributed by atoms with Crippen LogP contribution in [0.3, 0.4) is 0 Å². The van der Waals surface area contributed by atoms with E-state index >= 15 is 0 Å². The summed E-state index contributed by atoms with van der Waals surface area (Å²) in [6.07, 6.45) is 0. The van der Waals surface area contributed by atoms with E-state index in [1.54, 1.807) is 26.0 Å². The van der Waals surface area contributed by atoms with Gasteiger partial charge >= 0.3 is 0 Å². The summed E-state index contributed by atoms with van der Waals surface area (Å²) in [7, 11) is 0. The number of carbonyl (C=O) groups is 1. The van der Waals surface area contributed by atoms with Crippen molar-refractivity contribution in [3.8, 4) is 5.75 Å². The molecule has 1 heterocycles. The van der Waals surface area contributed by atoms with Gasteiger partial charge in [-0.2, -0.15) is 4.98 Å². The largest absolute Gasteiger partial charge is 0.508 e. The Balaban J connectivity index is 2.06. The lowest BCUT2D eigenvalue weighted by Gasteiger charge is -2.07. The number of benzene rings is 1. The molecule has 0 atom stereocenters. The topological polar surface area (TPSA) is 88.2 Å². The van der Waals surface area contributed by atoms with Crippen LogP contribution in [0.15, 0.2) is 22.7 Å². The van der Waals surface area contributed by atoms with E-state index in [-0.39, 0.29) is 18.2 Å². The number of aryl methyl sites for hydroxylation is 1. The molecule has 0 saturated carbocycles. The van der Waals surface area contributed by atoms with Gasteiger partial charge in [0, 0.05) is 18.1 Å². The van der Waals surface area contributed by atoms with Gasteiger partial charge in [-0.25, -0.2) is 0 Å². The Kier molecular flexibility index (Phi) is 3.27. The molecule has 1 amide bonds. The molecule has 2 N–H and O–H groups in total. The highest BCUT2D eigenvalue weighted by Crippen LogP contribution is 2.19. The van der Waals surface area contributed by atoms with Crippen LogP contribution in [0.1, 0.15) is 27.6 Å². The van der Waals surface area contributed by atoms with E-state index in [2.05, 4.69) is 15.5 Å². The fourth-order valence-corrected chi connectivity index (χ4v) is 1.54. The van der Waals surface area contributed by atoms with Crippen molar-refractivity contribution in [2.45, 2.75) is 20.4 Å². The van der Waals surface area contributed by atoms with Crippen LogP contribution in [-0.2, 0) is 6.54 Å². The van der Waals surface area contributed by atoms with E-state index in [1.165, 1.54) is 6.07 Å². The lowest BCUT2D eigenvalue weighted by atomic mass is 10.1. The number of aromatic nitrogens is 2. The molecule has 6 nitrogen and oxygen atoms in total. The minimum absolute atomic E-state index is 0.0954. The Bertz CT molecular complexity index is 578. The standard InChI is InChI=1S/C12H13N3O3/c1-7-9(4-3-5-10(7)16)12(17)13-6-11-14-8(2)18-15-11/h3-5,16H,6H2,1-2H3,(H,13,17). The van der Waals surface area contributed by atoms with Gasteiger partial charge in [0.25, 0.3) is 5.91 Å². The normalized spacial score (nSPS) is 10.3. The molecule has 2 rings (SSSR count). The quantitative estimate of drug-likeness (QED) is 0.854. The summed E-state index contributed by atoms with van der Waals surface area (Å²) in [4.78, 5) is 15.9. The average molecular weight is 247 g/mol. The summed E-state index contributed by atoms with van der Waals surface area (Å²) in [6.45, 7) is 3.55. The Labute approximate surface area is 104 Å². The second kappa shape index (κ2) is 4.87. The molecule has 0 aliphatic heterocycles. The number of nitrogens with one attached hydrogen (secondary N) is 1. The van der Waals surface area contributed by atoms with E-state index in [9.17, 15) is 9.90 Å². The number of aromatic hydroxyl groups is 1. The van der Waals surface area contributed by atoms with Crippen LogP contribution >= 0.6 is 0 Å². The van der Waals surface area contributed by atoms with Crippen LogP contribution in [0.5, 0.6) is 5.75 Å². The van der Waals surface area contributed by atoms with E-state index in [0.29, 0.717) is 22.8 Å². The van der Waals surface area contributed by atoms with Crippen molar-refractivity contribution in [1.29, 1.82) is 0 Å². The molecule has 0 radical (unpaired) electrons. The maximum absolute atomic E-state index is 11.9. The average Bonchev–Trinajstić information content (AvgIpc) is 2.76. The Hall–Kier alpha value is -2.37. The summed E-state index contributed by atoms with van der Waals surface area (Å²) < 4.78 is 4.79. The van der Waals surface area contributed by atoms with Crippen molar-refractivity contribution in [3.63, 3.8) is 0 Å². The first-order valence-electron chi connectivity index (χ1n) is 5.44. The molecule has 0 bridgehead atoms. The summed E-state index contributed by atoms with van der Waals surface area (Å²) >= 11 is 0. The SMILES string of the molecule is Cc1nc(CNC(=O)c2cccc(O)c2C)no1. The molecular weight excluding hydrogens is 234 g/mol. The molecule has 0 aliphatic rings. The van der Waals surface area contributed by atoms with Crippen LogP contribution in [0.2, 0.25) is 0 Å². The fraction of sp³-hybridized carbons (Fsp3) is 0.250. The Morgan fingerprint density at radius 1 is 1.44 bits per heavy atom. The van der Waals surface area contributed by atoms with Crippen LogP contribution < -0.4 is 5.32 Å². The van der Waals surface area contributed by atoms with E-state index < -0.39 is 0 Å². The van der Waals surface area contributed by atoms with Gasteiger partial charge in [0.2, 0.25) is 5.89 Å². The lowest BCUT2D eigenvalue weighted by Crippen LogP contribution is -2.24. The first-order chi connectivity index (χ1) is 8.58. The van der Waals surface area contributed by atoms with Crippen molar-refractivity contribution < 1.29 is 14.4 Å². The number of hydrogen-bond donors (Lipinski definition) is 2. The molecule has 0 spiro atoms. The first kappa shape index (κ1) is 12.1. The zero-order chi connectivity index (χ0) is 13.1. The fourth-order valence-electron chi connectivity index (χ4n) is 1.54. The molecule has 6 heteroatoms. The van der Waals surface area contributed by atoms with Crippen molar-refractivity contribution in [3.05, 3.63) is 41.0 Å². The van der Waals surface area contributed by atoms with Gasteiger partial charge in [0.05, 0.1) is 6.54 Å². The summed E-state index contributed by atoms with van der Waals surface area (Å²) in [5, 5.41) is 15.9. The monoisotopic (exact) mass is 247 g/mol. The first-order valence-corrected chi connectivity index (χ1v) is 5.44. The second-order valence-corrected chi connectivity index (χ2v) is 3.86. The summed E-state index contributed by atoms with van der Waals surface area (Å²) in [5.74, 6) is 0.676. The third kappa shape index (κ3) is 2.48. The molecular formula is C12H13N3O3. The molecule has 18 heavy (non-hydrogen) atoms. The third-order valence-electron chi connectivity index (χ3n) is 2.53. The van der Waals surface area contributed by atoms with Gasteiger partial charge in [-0.3, -0.25) is 4.79 Å². The van der Waals surface area contributed by atoms with Crippen LogP contribution in [0.4, 0.5) is 0 Å². The second-order valence-electron chi connectivity index (χ2n) is 3.86. The number of rotatable bonds is 3. The molecule has 1 aromatic heterocycles. The summed E-state index contributed by atoms with van der Waals surface area (Å²) in [5.41, 5.74) is 0.967. The predicted octanol–water partition coefficient (Wildman–Crippen LogP) is 1.32. The van der Waals surface area contributed by atoms with Crippen molar-refractivity contribution in [2.24, 2.45) is 0 Å². The zero-order valence-electron chi connectivity index (χ0n) is 10.1.